The van der Waals surface area contributed by atoms with E-state index in [0.29, 0.717) is 0 Å². The molecule has 0 saturated carbocycles. The Morgan fingerprint density at radius 3 is 3.00 bits per heavy atom. The van der Waals surface area contributed by atoms with E-state index in [1.54, 1.807) is 5.57 Å². The summed E-state index contributed by atoms with van der Waals surface area (Å²) < 4.78 is 0. The van der Waals surface area contributed by atoms with Crippen molar-refractivity contribution >= 4 is 15.9 Å². The lowest BCUT2D eigenvalue weighted by molar-refractivity contribution is 0.711. The molecule has 0 bridgehead atoms. The van der Waals surface area contributed by atoms with E-state index in [1.165, 1.54) is 32.1 Å². The van der Waals surface area contributed by atoms with Gasteiger partial charge in [0.25, 0.3) is 0 Å². The van der Waals surface area contributed by atoms with Gasteiger partial charge in [0.05, 0.1) is 0 Å². The third-order valence-electron chi connectivity index (χ3n) is 1.81. The maximum absolute atomic E-state index is 3.48. The topological polar surface area (TPSA) is 0 Å². The van der Waals surface area contributed by atoms with E-state index in [1.807, 2.05) is 0 Å². The minimum atomic E-state index is 1.09. The predicted molar refractivity (Wildman–Crippen MR) is 45.0 cm³/mol. The molecule has 0 unspecified atom stereocenters. The molecule has 0 amide bonds. The Morgan fingerprint density at radius 1 is 1.33 bits per heavy atom. The zero-order chi connectivity index (χ0) is 6.53. The van der Waals surface area contributed by atoms with Gasteiger partial charge < -0.3 is 0 Å². The minimum Gasteiger partial charge on any atom is -0.0880 e. The summed E-state index contributed by atoms with van der Waals surface area (Å²) in [4.78, 5) is 0. The average molecular weight is 189 g/mol. The van der Waals surface area contributed by atoms with Crippen LogP contribution in [0.15, 0.2) is 11.6 Å². The van der Waals surface area contributed by atoms with Crippen molar-refractivity contribution in [2.24, 2.45) is 0 Å². The Morgan fingerprint density at radius 2 is 2.22 bits per heavy atom. The molecule has 9 heavy (non-hydrogen) atoms. The molecule has 52 valence electrons. The van der Waals surface area contributed by atoms with Crippen LogP contribution in [0, 0.1) is 0 Å². The van der Waals surface area contributed by atoms with Crippen LogP contribution in [-0.2, 0) is 0 Å². The van der Waals surface area contributed by atoms with Crippen molar-refractivity contribution in [3.8, 4) is 0 Å². The highest BCUT2D eigenvalue weighted by Gasteiger charge is 1.99. The molecular formula is C8H13Br. The summed E-state index contributed by atoms with van der Waals surface area (Å²) in [5.74, 6) is 0. The first-order chi connectivity index (χ1) is 4.43. The molecular weight excluding hydrogens is 176 g/mol. The number of hydrogen-bond acceptors (Lipinski definition) is 0. The molecule has 1 aliphatic carbocycles. The molecule has 0 atom stereocenters. The first-order valence-electron chi connectivity index (χ1n) is 3.67. The van der Waals surface area contributed by atoms with E-state index in [0.717, 1.165) is 5.33 Å². The fourth-order valence-corrected chi connectivity index (χ4v) is 1.71. The van der Waals surface area contributed by atoms with Gasteiger partial charge in [0.2, 0.25) is 0 Å². The maximum atomic E-state index is 3.48. The summed E-state index contributed by atoms with van der Waals surface area (Å²) in [5.41, 5.74) is 1.60. The molecule has 0 aromatic heterocycles. The molecule has 0 radical (unpaired) electrons. The molecule has 0 aliphatic heterocycles. The second-order valence-electron chi connectivity index (χ2n) is 2.60. The molecule has 1 heteroatoms. The van der Waals surface area contributed by atoms with Crippen molar-refractivity contribution in [3.05, 3.63) is 11.6 Å². The quantitative estimate of drug-likeness (QED) is 0.438. The summed E-state index contributed by atoms with van der Waals surface area (Å²) in [5, 5.41) is 1.09. The number of rotatable bonds is 1. The van der Waals surface area contributed by atoms with Gasteiger partial charge in [-0.25, -0.2) is 0 Å². The molecule has 0 spiro atoms. The second-order valence-corrected chi connectivity index (χ2v) is 3.16. The van der Waals surface area contributed by atoms with Crippen LogP contribution in [0.2, 0.25) is 0 Å². The van der Waals surface area contributed by atoms with Gasteiger partial charge in [-0.1, -0.05) is 34.0 Å². The number of halogens is 1. The minimum absolute atomic E-state index is 1.09. The molecule has 0 N–H and O–H groups in total. The molecule has 0 aromatic rings. The molecule has 1 rings (SSSR count). The first-order valence-corrected chi connectivity index (χ1v) is 4.79. The van der Waals surface area contributed by atoms with E-state index in [9.17, 15) is 0 Å². The fourth-order valence-electron chi connectivity index (χ4n) is 1.20. The number of allylic oxidation sites excluding steroid dienone is 2. The van der Waals surface area contributed by atoms with Crippen molar-refractivity contribution in [2.45, 2.75) is 32.1 Å². The molecule has 0 heterocycles. The Kier molecular flexibility index (Phi) is 3.34. The van der Waals surface area contributed by atoms with E-state index >= 15 is 0 Å². The summed E-state index contributed by atoms with van der Waals surface area (Å²) in [7, 11) is 0. The SMILES string of the molecule is BrCC1=CCCCCC1. The fraction of sp³-hybridized carbons (Fsp3) is 0.750. The summed E-state index contributed by atoms with van der Waals surface area (Å²) in [6.45, 7) is 0. The van der Waals surface area contributed by atoms with Gasteiger partial charge in [-0.05, 0) is 25.7 Å². The molecule has 0 nitrogen and oxygen atoms in total. The van der Waals surface area contributed by atoms with Crippen LogP contribution in [0.1, 0.15) is 32.1 Å². The summed E-state index contributed by atoms with van der Waals surface area (Å²) in [6.07, 6.45) is 9.24. The smallest absolute Gasteiger partial charge is 0.0241 e. The standard InChI is InChI=1S/C8H13Br/c9-7-8-5-3-1-2-4-6-8/h5H,1-4,6-7H2. The highest BCUT2D eigenvalue weighted by atomic mass is 79.9. The van der Waals surface area contributed by atoms with Gasteiger partial charge in [-0.2, -0.15) is 0 Å². The lowest BCUT2D eigenvalue weighted by Crippen LogP contribution is -1.80. The molecule has 0 fully saturated rings. The largest absolute Gasteiger partial charge is 0.0880 e. The first kappa shape index (κ1) is 7.33. The molecule has 1 aliphatic rings. The van der Waals surface area contributed by atoms with Crippen LogP contribution in [-0.4, -0.2) is 5.33 Å². The van der Waals surface area contributed by atoms with Crippen LogP contribution in [0.25, 0.3) is 0 Å². The van der Waals surface area contributed by atoms with E-state index in [4.69, 9.17) is 0 Å². The summed E-state index contributed by atoms with van der Waals surface area (Å²) >= 11 is 3.48. The highest BCUT2D eigenvalue weighted by molar-refractivity contribution is 9.09. The Labute approximate surface area is 65.5 Å². The van der Waals surface area contributed by atoms with E-state index in [-0.39, 0.29) is 0 Å². The lowest BCUT2D eigenvalue weighted by atomic mass is 10.2. The van der Waals surface area contributed by atoms with Crippen LogP contribution in [0.4, 0.5) is 0 Å². The van der Waals surface area contributed by atoms with Gasteiger partial charge in [-0.3, -0.25) is 0 Å². The van der Waals surface area contributed by atoms with Crippen LogP contribution in [0.3, 0.4) is 0 Å². The number of hydrogen-bond donors (Lipinski definition) is 0. The van der Waals surface area contributed by atoms with Crippen molar-refractivity contribution in [1.82, 2.24) is 0 Å². The van der Waals surface area contributed by atoms with Gasteiger partial charge in [-0.15, -0.1) is 0 Å². The van der Waals surface area contributed by atoms with Crippen molar-refractivity contribution in [1.29, 1.82) is 0 Å². The monoisotopic (exact) mass is 188 g/mol. The maximum Gasteiger partial charge on any atom is 0.0241 e. The van der Waals surface area contributed by atoms with Gasteiger partial charge in [0.15, 0.2) is 0 Å². The zero-order valence-electron chi connectivity index (χ0n) is 5.70. The van der Waals surface area contributed by atoms with E-state index < -0.39 is 0 Å². The predicted octanol–water partition coefficient (Wildman–Crippen LogP) is 3.27. The van der Waals surface area contributed by atoms with Gasteiger partial charge in [0.1, 0.15) is 0 Å². The van der Waals surface area contributed by atoms with E-state index in [2.05, 4.69) is 22.0 Å². The molecule has 0 aromatic carbocycles. The Bertz CT molecular complexity index is 105. The lowest BCUT2D eigenvalue weighted by Gasteiger charge is -1.96. The molecule has 0 saturated heterocycles. The third kappa shape index (κ3) is 2.53. The average Bonchev–Trinajstić information content (AvgIpc) is 2.13. The Hall–Kier alpha value is 0.220. The number of alkyl halides is 1. The van der Waals surface area contributed by atoms with Crippen LogP contribution in [0.5, 0.6) is 0 Å². The summed E-state index contributed by atoms with van der Waals surface area (Å²) in [6, 6.07) is 0. The Balaban J connectivity index is 2.37. The van der Waals surface area contributed by atoms with Crippen molar-refractivity contribution in [2.75, 3.05) is 5.33 Å². The second kappa shape index (κ2) is 4.10. The third-order valence-corrected chi connectivity index (χ3v) is 2.53. The van der Waals surface area contributed by atoms with Crippen molar-refractivity contribution in [3.63, 3.8) is 0 Å². The van der Waals surface area contributed by atoms with Crippen LogP contribution < -0.4 is 0 Å². The van der Waals surface area contributed by atoms with Crippen LogP contribution >= 0.6 is 15.9 Å². The van der Waals surface area contributed by atoms with Crippen molar-refractivity contribution < 1.29 is 0 Å². The highest BCUT2D eigenvalue weighted by Crippen LogP contribution is 2.17. The van der Waals surface area contributed by atoms with Gasteiger partial charge in [0, 0.05) is 5.33 Å². The van der Waals surface area contributed by atoms with Gasteiger partial charge >= 0.3 is 0 Å². The zero-order valence-corrected chi connectivity index (χ0v) is 7.28. The normalized spacial score (nSPS) is 20.8.